The number of piperazine rings is 1. The summed E-state index contributed by atoms with van der Waals surface area (Å²) in [6.07, 6.45) is 5.11. The third kappa shape index (κ3) is 4.77. The van der Waals surface area contributed by atoms with Crippen molar-refractivity contribution in [1.82, 2.24) is 9.21 Å². The lowest BCUT2D eigenvalue weighted by Crippen LogP contribution is -2.48. The first-order chi connectivity index (χ1) is 15.0. The summed E-state index contributed by atoms with van der Waals surface area (Å²) in [4.78, 5) is 17.4. The minimum Gasteiger partial charge on any atom is -0.368 e. The highest BCUT2D eigenvalue weighted by molar-refractivity contribution is 7.89. The lowest BCUT2D eigenvalue weighted by atomic mass is 9.96. The molecule has 1 saturated carbocycles. The molecule has 0 atom stereocenters. The summed E-state index contributed by atoms with van der Waals surface area (Å²) in [7, 11) is -1.95. The van der Waals surface area contributed by atoms with Gasteiger partial charge in [0, 0.05) is 50.5 Å². The number of sulfonamides is 1. The average Bonchev–Trinajstić information content (AvgIpc) is 2.84. The third-order valence-corrected chi connectivity index (χ3v) is 8.44. The molecule has 1 heterocycles. The van der Waals surface area contributed by atoms with Crippen LogP contribution in [0.1, 0.15) is 42.5 Å². The van der Waals surface area contributed by atoms with Crippen LogP contribution >= 0.6 is 0 Å². The Morgan fingerprint density at radius 2 is 1.58 bits per heavy atom. The summed E-state index contributed by atoms with van der Waals surface area (Å²) in [6.45, 7) is 2.76. The normalized spacial score (nSPS) is 18.4. The number of rotatable bonds is 5. The molecule has 1 aliphatic carbocycles. The first-order valence-corrected chi connectivity index (χ1v) is 12.6. The number of para-hydroxylation sites is 1. The molecule has 0 bridgehead atoms. The van der Waals surface area contributed by atoms with Crippen molar-refractivity contribution in [1.29, 1.82) is 0 Å². The maximum Gasteiger partial charge on any atom is 0.254 e. The van der Waals surface area contributed by atoms with Crippen molar-refractivity contribution in [3.8, 4) is 0 Å². The third-order valence-electron chi connectivity index (χ3n) is 6.54. The number of carbonyl (C=O) groups excluding carboxylic acids is 1. The van der Waals surface area contributed by atoms with Crippen LogP contribution in [0, 0.1) is 0 Å². The Labute approximate surface area is 185 Å². The number of amides is 1. The second kappa shape index (κ2) is 9.40. The van der Waals surface area contributed by atoms with Gasteiger partial charge >= 0.3 is 0 Å². The van der Waals surface area contributed by atoms with Crippen molar-refractivity contribution >= 4 is 21.6 Å². The van der Waals surface area contributed by atoms with Crippen molar-refractivity contribution in [3.63, 3.8) is 0 Å². The molecule has 0 spiro atoms. The van der Waals surface area contributed by atoms with E-state index in [9.17, 15) is 13.2 Å². The van der Waals surface area contributed by atoms with Gasteiger partial charge in [0.05, 0.1) is 4.90 Å². The van der Waals surface area contributed by atoms with E-state index in [-0.39, 0.29) is 16.8 Å². The highest BCUT2D eigenvalue weighted by Gasteiger charge is 2.30. The van der Waals surface area contributed by atoms with Gasteiger partial charge in [0.15, 0.2) is 0 Å². The molecule has 31 heavy (non-hydrogen) atoms. The summed E-state index contributed by atoms with van der Waals surface area (Å²) in [6, 6.07) is 16.8. The van der Waals surface area contributed by atoms with E-state index in [1.165, 1.54) is 10.7 Å². The van der Waals surface area contributed by atoms with Gasteiger partial charge in [-0.25, -0.2) is 8.42 Å². The SMILES string of the molecule is CN(C1CCCCC1)S(=O)(=O)c1cccc(C(=O)N2CCN(c3ccccc3)CC2)c1. The maximum absolute atomic E-state index is 13.2. The molecule has 1 saturated heterocycles. The molecular weight excluding hydrogens is 410 g/mol. The fourth-order valence-electron chi connectivity index (χ4n) is 4.59. The highest BCUT2D eigenvalue weighted by Crippen LogP contribution is 2.27. The molecular formula is C24H31N3O3S. The first kappa shape index (κ1) is 21.8. The maximum atomic E-state index is 13.2. The Balaban J connectivity index is 1.45. The quantitative estimate of drug-likeness (QED) is 0.711. The fraction of sp³-hybridized carbons (Fsp3) is 0.458. The molecule has 166 valence electrons. The van der Waals surface area contributed by atoms with Gasteiger partial charge in [-0.2, -0.15) is 4.31 Å². The van der Waals surface area contributed by atoms with E-state index < -0.39 is 10.0 Å². The van der Waals surface area contributed by atoms with E-state index in [2.05, 4.69) is 17.0 Å². The lowest BCUT2D eigenvalue weighted by Gasteiger charge is -2.36. The van der Waals surface area contributed by atoms with Gasteiger partial charge in [-0.3, -0.25) is 4.79 Å². The zero-order valence-electron chi connectivity index (χ0n) is 18.1. The van der Waals surface area contributed by atoms with Crippen LogP contribution in [0.4, 0.5) is 5.69 Å². The predicted molar refractivity (Wildman–Crippen MR) is 123 cm³/mol. The molecule has 0 unspecified atom stereocenters. The highest BCUT2D eigenvalue weighted by atomic mass is 32.2. The molecule has 0 N–H and O–H groups in total. The summed E-state index contributed by atoms with van der Waals surface area (Å²) >= 11 is 0. The van der Waals surface area contributed by atoms with E-state index in [0.29, 0.717) is 18.7 Å². The molecule has 2 aromatic rings. The molecule has 7 heteroatoms. The second-order valence-electron chi connectivity index (χ2n) is 8.46. The predicted octanol–water partition coefficient (Wildman–Crippen LogP) is 3.60. The Morgan fingerprint density at radius 1 is 0.903 bits per heavy atom. The molecule has 4 rings (SSSR count). The minimum atomic E-state index is -3.62. The summed E-state index contributed by atoms with van der Waals surface area (Å²) < 4.78 is 27.9. The van der Waals surface area contributed by atoms with Gasteiger partial charge in [0.2, 0.25) is 10.0 Å². The minimum absolute atomic E-state index is 0.0455. The van der Waals surface area contributed by atoms with Crippen LogP contribution < -0.4 is 4.90 Å². The van der Waals surface area contributed by atoms with Crippen molar-refractivity contribution in [2.24, 2.45) is 0 Å². The van der Waals surface area contributed by atoms with Crippen LogP contribution in [-0.2, 0) is 10.0 Å². The van der Waals surface area contributed by atoms with Crippen LogP contribution in [0.2, 0.25) is 0 Å². The summed E-state index contributed by atoms with van der Waals surface area (Å²) in [5, 5.41) is 0. The van der Waals surface area contributed by atoms with Crippen molar-refractivity contribution in [2.75, 3.05) is 38.1 Å². The summed E-state index contributed by atoms with van der Waals surface area (Å²) in [5.74, 6) is -0.106. The number of nitrogens with zero attached hydrogens (tertiary/aromatic N) is 3. The number of benzene rings is 2. The molecule has 0 aromatic heterocycles. The zero-order valence-corrected chi connectivity index (χ0v) is 18.9. The van der Waals surface area contributed by atoms with Crippen LogP contribution in [0.25, 0.3) is 0 Å². The van der Waals surface area contributed by atoms with Gasteiger partial charge in [0.25, 0.3) is 5.91 Å². The largest absolute Gasteiger partial charge is 0.368 e. The van der Waals surface area contributed by atoms with Gasteiger partial charge in [-0.1, -0.05) is 43.5 Å². The Bertz CT molecular complexity index is 996. The van der Waals surface area contributed by atoms with E-state index >= 15 is 0 Å². The van der Waals surface area contributed by atoms with Crippen LogP contribution in [0.3, 0.4) is 0 Å². The molecule has 1 aliphatic heterocycles. The second-order valence-corrected chi connectivity index (χ2v) is 10.5. The fourth-order valence-corrected chi connectivity index (χ4v) is 6.05. The van der Waals surface area contributed by atoms with E-state index in [4.69, 9.17) is 0 Å². The Morgan fingerprint density at radius 3 is 2.26 bits per heavy atom. The molecule has 1 amide bonds. The number of hydrogen-bond acceptors (Lipinski definition) is 4. The van der Waals surface area contributed by atoms with Crippen molar-refractivity contribution in [3.05, 3.63) is 60.2 Å². The van der Waals surface area contributed by atoms with Crippen molar-refractivity contribution < 1.29 is 13.2 Å². The molecule has 0 radical (unpaired) electrons. The molecule has 2 aromatic carbocycles. The molecule has 2 fully saturated rings. The van der Waals surface area contributed by atoms with Crippen molar-refractivity contribution in [2.45, 2.75) is 43.0 Å². The van der Waals surface area contributed by atoms with Crippen LogP contribution in [0.5, 0.6) is 0 Å². The number of carbonyl (C=O) groups is 1. The standard InChI is InChI=1S/C24H31N3O3S/c1-25(21-10-4-2-5-11-21)31(29,30)23-14-8-9-20(19-23)24(28)27-17-15-26(16-18-27)22-12-6-3-7-13-22/h3,6-9,12-14,19,21H,2,4-5,10-11,15-18H2,1H3. The monoisotopic (exact) mass is 441 g/mol. The number of anilines is 1. The van der Waals surface area contributed by atoms with Crippen LogP contribution in [-0.4, -0.2) is 62.8 Å². The van der Waals surface area contributed by atoms with Gasteiger partial charge in [-0.05, 0) is 43.2 Å². The average molecular weight is 442 g/mol. The Hall–Kier alpha value is -2.38. The van der Waals surface area contributed by atoms with E-state index in [1.54, 1.807) is 31.3 Å². The smallest absolute Gasteiger partial charge is 0.254 e. The van der Waals surface area contributed by atoms with Crippen LogP contribution in [0.15, 0.2) is 59.5 Å². The van der Waals surface area contributed by atoms with Gasteiger partial charge in [0.1, 0.15) is 0 Å². The molecule has 6 nitrogen and oxygen atoms in total. The lowest BCUT2D eigenvalue weighted by molar-refractivity contribution is 0.0746. The summed E-state index contributed by atoms with van der Waals surface area (Å²) in [5.41, 5.74) is 1.60. The van der Waals surface area contributed by atoms with E-state index in [1.807, 2.05) is 23.1 Å². The zero-order chi connectivity index (χ0) is 21.8. The number of hydrogen-bond donors (Lipinski definition) is 0. The Kier molecular flexibility index (Phi) is 6.62. The topological polar surface area (TPSA) is 60.9 Å². The first-order valence-electron chi connectivity index (χ1n) is 11.1. The van der Waals surface area contributed by atoms with Gasteiger partial charge < -0.3 is 9.80 Å². The molecule has 2 aliphatic rings. The van der Waals surface area contributed by atoms with Gasteiger partial charge in [-0.15, -0.1) is 0 Å². The van der Waals surface area contributed by atoms with E-state index in [0.717, 1.165) is 44.5 Å².